The Morgan fingerprint density at radius 1 is 1.73 bits per heavy atom. The summed E-state index contributed by atoms with van der Waals surface area (Å²) in [6.07, 6.45) is 3.46. The number of hydrogen-bond acceptors (Lipinski definition) is 2. The van der Waals surface area contributed by atoms with Crippen LogP contribution in [0.5, 0.6) is 0 Å². The summed E-state index contributed by atoms with van der Waals surface area (Å²) in [4.78, 5) is 0. The zero-order chi connectivity index (χ0) is 8.27. The van der Waals surface area contributed by atoms with Crippen LogP contribution in [0.15, 0.2) is 24.8 Å². The Morgan fingerprint density at radius 3 is 2.91 bits per heavy atom. The maximum atomic E-state index is 8.78. The van der Waals surface area contributed by atoms with Crippen LogP contribution in [0.1, 0.15) is 12.8 Å². The predicted molar refractivity (Wildman–Crippen MR) is 44.3 cm³/mol. The van der Waals surface area contributed by atoms with Crippen molar-refractivity contribution in [2.45, 2.75) is 25.0 Å². The second-order valence-electron chi connectivity index (χ2n) is 2.82. The average molecular weight is 154 g/mol. The Labute approximate surface area is 67.2 Å². The minimum absolute atomic E-state index is 0.0348. The first kappa shape index (κ1) is 8.50. The van der Waals surface area contributed by atoms with Crippen molar-refractivity contribution >= 4 is 0 Å². The minimum Gasteiger partial charge on any atom is -0.394 e. The van der Waals surface area contributed by atoms with Gasteiger partial charge in [-0.05, 0) is 18.4 Å². The number of aliphatic hydroxyl groups is 1. The topological polar surface area (TPSA) is 29.5 Å². The van der Waals surface area contributed by atoms with Crippen molar-refractivity contribution in [3.05, 3.63) is 24.8 Å². The predicted octanol–water partition coefficient (Wildman–Crippen LogP) is 1.27. The van der Waals surface area contributed by atoms with Crippen molar-refractivity contribution in [2.24, 2.45) is 0 Å². The van der Waals surface area contributed by atoms with Gasteiger partial charge in [-0.1, -0.05) is 12.7 Å². The zero-order valence-electron chi connectivity index (χ0n) is 6.62. The molecule has 0 amide bonds. The lowest BCUT2D eigenvalue weighted by molar-refractivity contribution is 0.0178. The average Bonchev–Trinajstić information content (AvgIpc) is 2.33. The fourth-order valence-corrected chi connectivity index (χ4v) is 1.28. The van der Waals surface area contributed by atoms with E-state index in [4.69, 9.17) is 9.84 Å². The summed E-state index contributed by atoms with van der Waals surface area (Å²) >= 11 is 0. The van der Waals surface area contributed by atoms with Crippen molar-refractivity contribution in [1.82, 2.24) is 0 Å². The highest BCUT2D eigenvalue weighted by Gasteiger charge is 2.26. The molecular formula is C9H14O2. The van der Waals surface area contributed by atoms with E-state index < -0.39 is 0 Å². The molecule has 1 saturated heterocycles. The Hall–Kier alpha value is -0.600. The first-order valence-corrected chi connectivity index (χ1v) is 3.82. The van der Waals surface area contributed by atoms with Gasteiger partial charge in [-0.15, -0.1) is 6.58 Å². The second kappa shape index (κ2) is 3.69. The second-order valence-corrected chi connectivity index (χ2v) is 2.82. The Balaban J connectivity index is 2.44. The fourth-order valence-electron chi connectivity index (χ4n) is 1.28. The molecule has 0 aromatic carbocycles. The van der Waals surface area contributed by atoms with Crippen LogP contribution in [-0.4, -0.2) is 23.9 Å². The third-order valence-corrected chi connectivity index (χ3v) is 1.89. The molecule has 2 heteroatoms. The van der Waals surface area contributed by atoms with Crippen LogP contribution >= 0.6 is 0 Å². The molecule has 2 atom stereocenters. The highest BCUT2D eigenvalue weighted by atomic mass is 16.5. The summed E-state index contributed by atoms with van der Waals surface area (Å²) < 4.78 is 5.44. The van der Waals surface area contributed by atoms with Gasteiger partial charge in [0.15, 0.2) is 0 Å². The lowest BCUT2D eigenvalue weighted by Gasteiger charge is -2.08. The van der Waals surface area contributed by atoms with Crippen LogP contribution in [0.3, 0.4) is 0 Å². The Morgan fingerprint density at radius 2 is 2.45 bits per heavy atom. The van der Waals surface area contributed by atoms with Gasteiger partial charge in [0.25, 0.3) is 0 Å². The van der Waals surface area contributed by atoms with Crippen molar-refractivity contribution in [1.29, 1.82) is 0 Å². The highest BCUT2D eigenvalue weighted by Crippen LogP contribution is 2.26. The molecule has 0 radical (unpaired) electrons. The fraction of sp³-hybridized carbons (Fsp3) is 0.556. The molecule has 62 valence electrons. The van der Waals surface area contributed by atoms with Crippen LogP contribution in [0.25, 0.3) is 0 Å². The molecule has 2 unspecified atom stereocenters. The SMILES string of the molecule is C=CCC1OC(CO)CC1=C. The third kappa shape index (κ3) is 1.91. The van der Waals surface area contributed by atoms with E-state index in [1.54, 1.807) is 0 Å². The zero-order valence-corrected chi connectivity index (χ0v) is 6.62. The van der Waals surface area contributed by atoms with Crippen LogP contribution in [-0.2, 0) is 4.74 Å². The lowest BCUT2D eigenvalue weighted by atomic mass is 10.1. The summed E-state index contributed by atoms with van der Waals surface area (Å²) in [5, 5.41) is 8.78. The molecule has 2 nitrogen and oxygen atoms in total. The highest BCUT2D eigenvalue weighted by molar-refractivity contribution is 5.10. The van der Waals surface area contributed by atoms with Crippen molar-refractivity contribution in [2.75, 3.05) is 6.61 Å². The molecule has 1 rings (SSSR count). The molecule has 1 heterocycles. The van der Waals surface area contributed by atoms with E-state index in [1.807, 2.05) is 6.08 Å². The van der Waals surface area contributed by atoms with Crippen LogP contribution in [0.2, 0.25) is 0 Å². The van der Waals surface area contributed by atoms with E-state index in [1.165, 1.54) is 0 Å². The summed E-state index contributed by atoms with van der Waals surface area (Å²) in [6, 6.07) is 0. The number of rotatable bonds is 3. The minimum atomic E-state index is -0.0348. The van der Waals surface area contributed by atoms with Crippen molar-refractivity contribution in [3.63, 3.8) is 0 Å². The van der Waals surface area contributed by atoms with E-state index in [9.17, 15) is 0 Å². The van der Waals surface area contributed by atoms with Gasteiger partial charge >= 0.3 is 0 Å². The first-order chi connectivity index (χ1) is 5.27. The van der Waals surface area contributed by atoms with Crippen LogP contribution in [0.4, 0.5) is 0 Å². The largest absolute Gasteiger partial charge is 0.394 e. The molecule has 0 aliphatic carbocycles. The maximum absolute atomic E-state index is 8.78. The van der Waals surface area contributed by atoms with E-state index in [0.29, 0.717) is 0 Å². The Kier molecular flexibility index (Phi) is 2.85. The van der Waals surface area contributed by atoms with Gasteiger partial charge < -0.3 is 9.84 Å². The van der Waals surface area contributed by atoms with Crippen molar-refractivity contribution in [3.8, 4) is 0 Å². The molecule has 1 aliphatic rings. The van der Waals surface area contributed by atoms with Gasteiger partial charge in [-0.2, -0.15) is 0 Å². The van der Waals surface area contributed by atoms with E-state index in [0.717, 1.165) is 18.4 Å². The monoisotopic (exact) mass is 154 g/mol. The van der Waals surface area contributed by atoms with Crippen molar-refractivity contribution < 1.29 is 9.84 Å². The molecule has 1 N–H and O–H groups in total. The summed E-state index contributed by atoms with van der Waals surface area (Å²) in [6.45, 7) is 7.58. The van der Waals surface area contributed by atoms with Crippen LogP contribution in [0, 0.1) is 0 Å². The Bertz CT molecular complexity index is 163. The molecule has 0 spiro atoms. The third-order valence-electron chi connectivity index (χ3n) is 1.89. The summed E-state index contributed by atoms with van der Waals surface area (Å²) in [5.41, 5.74) is 1.07. The molecule has 0 bridgehead atoms. The van der Waals surface area contributed by atoms with Gasteiger partial charge in [0, 0.05) is 0 Å². The lowest BCUT2D eigenvalue weighted by Crippen LogP contribution is -2.13. The molecule has 0 saturated carbocycles. The number of aliphatic hydroxyl groups excluding tert-OH is 1. The molecule has 1 aliphatic heterocycles. The standard InChI is InChI=1S/C9H14O2/c1-3-4-9-7(2)5-8(6-10)11-9/h3,8-10H,1-2,4-6H2. The molecular weight excluding hydrogens is 140 g/mol. The maximum Gasteiger partial charge on any atom is 0.0851 e. The number of ether oxygens (including phenoxy) is 1. The quantitative estimate of drug-likeness (QED) is 0.620. The van der Waals surface area contributed by atoms with E-state index >= 15 is 0 Å². The van der Waals surface area contributed by atoms with Gasteiger partial charge in [0.1, 0.15) is 0 Å². The normalized spacial score (nSPS) is 30.8. The van der Waals surface area contributed by atoms with Gasteiger partial charge in [0.05, 0.1) is 18.8 Å². The van der Waals surface area contributed by atoms with Crippen LogP contribution < -0.4 is 0 Å². The molecule has 0 aromatic rings. The smallest absolute Gasteiger partial charge is 0.0851 e. The molecule has 0 aromatic heterocycles. The van der Waals surface area contributed by atoms with Gasteiger partial charge in [-0.25, -0.2) is 0 Å². The molecule has 1 fully saturated rings. The van der Waals surface area contributed by atoms with E-state index in [-0.39, 0.29) is 18.8 Å². The number of hydrogen-bond donors (Lipinski definition) is 1. The summed E-state index contributed by atoms with van der Waals surface area (Å²) in [5.74, 6) is 0. The summed E-state index contributed by atoms with van der Waals surface area (Å²) in [7, 11) is 0. The van der Waals surface area contributed by atoms with Gasteiger partial charge in [0.2, 0.25) is 0 Å². The molecule has 11 heavy (non-hydrogen) atoms. The van der Waals surface area contributed by atoms with E-state index in [2.05, 4.69) is 13.2 Å². The first-order valence-electron chi connectivity index (χ1n) is 3.82. The van der Waals surface area contributed by atoms with Gasteiger partial charge in [-0.3, -0.25) is 0 Å².